The van der Waals surface area contributed by atoms with Crippen molar-refractivity contribution < 1.29 is 16.8 Å². The first-order valence-corrected chi connectivity index (χ1v) is 8.87. The van der Waals surface area contributed by atoms with Crippen LogP contribution in [0.5, 0.6) is 0 Å². The van der Waals surface area contributed by atoms with Gasteiger partial charge in [-0.1, -0.05) is 23.7 Å². The summed E-state index contributed by atoms with van der Waals surface area (Å²) in [4.78, 5) is 3.18. The van der Waals surface area contributed by atoms with Gasteiger partial charge in [0, 0.05) is 6.20 Å². The minimum absolute atomic E-state index is 0.138. The molecule has 21 heavy (non-hydrogen) atoms. The van der Waals surface area contributed by atoms with E-state index in [1.54, 1.807) is 0 Å². The first kappa shape index (κ1) is 15.7. The van der Waals surface area contributed by atoms with Crippen molar-refractivity contribution in [3.8, 4) is 0 Å². The fraction of sp³-hybridized carbons (Fsp3) is 0. The predicted molar refractivity (Wildman–Crippen MR) is 77.9 cm³/mol. The highest BCUT2D eigenvalue weighted by atomic mass is 35.5. The van der Waals surface area contributed by atoms with E-state index in [1.807, 2.05) is 0 Å². The van der Waals surface area contributed by atoms with Crippen molar-refractivity contribution in [3.05, 3.63) is 47.7 Å². The molecule has 0 unspecified atom stereocenters. The van der Waals surface area contributed by atoms with Crippen molar-refractivity contribution in [1.29, 1.82) is 0 Å². The molecule has 1 aromatic carbocycles. The van der Waals surface area contributed by atoms with Crippen molar-refractivity contribution in [1.82, 2.24) is 4.98 Å². The molecule has 0 amide bonds. The lowest BCUT2D eigenvalue weighted by molar-refractivity contribution is 0.598. The second kappa shape index (κ2) is 5.60. The number of pyridine rings is 1. The molecule has 0 aliphatic carbocycles. The van der Waals surface area contributed by atoms with Crippen molar-refractivity contribution >= 4 is 37.3 Å². The molecule has 1 heterocycles. The smallest absolute Gasteiger partial charge is 0.263 e. The summed E-state index contributed by atoms with van der Waals surface area (Å²) in [6.45, 7) is 0. The summed E-state index contributed by atoms with van der Waals surface area (Å²) in [5.41, 5.74) is -0.144. The topological polar surface area (TPSA) is 119 Å². The van der Waals surface area contributed by atoms with E-state index in [2.05, 4.69) is 9.71 Å². The Labute approximate surface area is 126 Å². The molecule has 112 valence electrons. The zero-order chi connectivity index (χ0) is 15.7. The van der Waals surface area contributed by atoms with Crippen LogP contribution in [0.1, 0.15) is 0 Å². The van der Waals surface area contributed by atoms with Gasteiger partial charge in [0.2, 0.25) is 10.0 Å². The van der Waals surface area contributed by atoms with E-state index in [0.717, 1.165) is 6.20 Å². The van der Waals surface area contributed by atoms with Crippen LogP contribution in [0.25, 0.3) is 0 Å². The van der Waals surface area contributed by atoms with Crippen LogP contribution in [0.15, 0.2) is 52.4 Å². The summed E-state index contributed by atoms with van der Waals surface area (Å²) in [6, 6.07) is 7.96. The fourth-order valence-electron chi connectivity index (χ4n) is 1.52. The van der Waals surface area contributed by atoms with Gasteiger partial charge in [0.15, 0.2) is 0 Å². The Hall–Kier alpha value is -1.68. The molecule has 2 rings (SSSR count). The lowest BCUT2D eigenvalue weighted by Crippen LogP contribution is -2.18. The van der Waals surface area contributed by atoms with Gasteiger partial charge < -0.3 is 0 Å². The van der Waals surface area contributed by atoms with Gasteiger partial charge in [-0.15, -0.1) is 0 Å². The number of halogens is 1. The monoisotopic (exact) mass is 347 g/mol. The second-order valence-corrected chi connectivity index (χ2v) is 7.56. The normalized spacial score (nSPS) is 12.1. The Morgan fingerprint density at radius 3 is 2.29 bits per heavy atom. The molecule has 7 nitrogen and oxygen atoms in total. The Morgan fingerprint density at radius 1 is 1.05 bits per heavy atom. The first-order valence-electron chi connectivity index (χ1n) is 5.46. The SMILES string of the molecule is NS(=O)(=O)c1ccccc1NS(=O)(=O)c1ccc(Cl)nc1. The molecule has 0 fully saturated rings. The summed E-state index contributed by atoms with van der Waals surface area (Å²) in [6.07, 6.45) is 1.06. The van der Waals surface area contributed by atoms with Crippen LogP contribution in [0, 0.1) is 0 Å². The molecule has 0 aliphatic heterocycles. The molecule has 1 aromatic heterocycles. The maximum absolute atomic E-state index is 12.2. The van der Waals surface area contributed by atoms with Crippen molar-refractivity contribution in [2.75, 3.05) is 4.72 Å². The van der Waals surface area contributed by atoms with E-state index in [4.69, 9.17) is 16.7 Å². The Balaban J connectivity index is 2.45. The van der Waals surface area contributed by atoms with E-state index < -0.39 is 20.0 Å². The second-order valence-electron chi connectivity index (χ2n) is 3.96. The van der Waals surface area contributed by atoms with E-state index >= 15 is 0 Å². The summed E-state index contributed by atoms with van der Waals surface area (Å²) in [5.74, 6) is 0. The van der Waals surface area contributed by atoms with Crippen molar-refractivity contribution in [2.45, 2.75) is 9.79 Å². The van der Waals surface area contributed by atoms with Crippen molar-refractivity contribution in [3.63, 3.8) is 0 Å². The minimum Gasteiger partial charge on any atom is -0.278 e. The maximum Gasteiger partial charge on any atom is 0.263 e. The van der Waals surface area contributed by atoms with Crippen LogP contribution >= 0.6 is 11.6 Å². The standard InChI is InChI=1S/C11H10ClN3O4S2/c12-11-6-5-8(7-14-11)21(18,19)15-9-3-1-2-4-10(9)20(13,16)17/h1-7,15H,(H2,13,16,17). The number of anilines is 1. The number of nitrogens with two attached hydrogens (primary N) is 1. The van der Waals surface area contributed by atoms with E-state index in [1.165, 1.54) is 36.4 Å². The molecular formula is C11H10ClN3O4S2. The highest BCUT2D eigenvalue weighted by molar-refractivity contribution is 7.93. The van der Waals surface area contributed by atoms with Gasteiger partial charge in [-0.2, -0.15) is 0 Å². The summed E-state index contributed by atoms with van der Waals surface area (Å²) in [7, 11) is -8.06. The summed E-state index contributed by atoms with van der Waals surface area (Å²) in [5, 5.41) is 5.18. The van der Waals surface area contributed by atoms with E-state index in [0.29, 0.717) is 0 Å². The lowest BCUT2D eigenvalue weighted by atomic mass is 10.3. The van der Waals surface area contributed by atoms with Crippen LogP contribution < -0.4 is 9.86 Å². The third kappa shape index (κ3) is 3.70. The molecule has 0 bridgehead atoms. The van der Waals surface area contributed by atoms with Gasteiger partial charge in [0.1, 0.15) is 14.9 Å². The van der Waals surface area contributed by atoms with Crippen LogP contribution in [-0.4, -0.2) is 21.8 Å². The quantitative estimate of drug-likeness (QED) is 0.805. The number of sulfonamides is 2. The summed E-state index contributed by atoms with van der Waals surface area (Å²) >= 11 is 5.58. The number of hydrogen-bond acceptors (Lipinski definition) is 5. The van der Waals surface area contributed by atoms with Crippen LogP contribution in [-0.2, 0) is 20.0 Å². The van der Waals surface area contributed by atoms with Gasteiger partial charge >= 0.3 is 0 Å². The number of rotatable bonds is 4. The molecule has 0 spiro atoms. The molecule has 0 aliphatic rings. The fourth-order valence-corrected chi connectivity index (χ4v) is 3.42. The molecule has 10 heteroatoms. The van der Waals surface area contributed by atoms with Crippen LogP contribution in [0.2, 0.25) is 5.15 Å². The highest BCUT2D eigenvalue weighted by Gasteiger charge is 2.20. The Morgan fingerprint density at radius 2 is 1.71 bits per heavy atom. The van der Waals surface area contributed by atoms with Gasteiger partial charge in [0.05, 0.1) is 5.69 Å². The third-order valence-corrected chi connectivity index (χ3v) is 4.99. The van der Waals surface area contributed by atoms with Gasteiger partial charge in [-0.05, 0) is 24.3 Å². The number of benzene rings is 1. The third-order valence-electron chi connectivity index (χ3n) is 2.45. The zero-order valence-corrected chi connectivity index (χ0v) is 12.8. The number of nitrogens with one attached hydrogen (secondary N) is 1. The summed E-state index contributed by atoms with van der Waals surface area (Å²) < 4.78 is 49.4. The number of primary sulfonamides is 1. The van der Waals surface area contributed by atoms with Crippen LogP contribution in [0.4, 0.5) is 5.69 Å². The van der Waals surface area contributed by atoms with E-state index in [9.17, 15) is 16.8 Å². The largest absolute Gasteiger partial charge is 0.278 e. The van der Waals surface area contributed by atoms with Gasteiger partial charge in [-0.25, -0.2) is 27.0 Å². The number of para-hydroxylation sites is 1. The zero-order valence-electron chi connectivity index (χ0n) is 10.4. The van der Waals surface area contributed by atoms with Crippen molar-refractivity contribution in [2.24, 2.45) is 5.14 Å². The number of nitrogens with zero attached hydrogens (tertiary/aromatic N) is 1. The van der Waals surface area contributed by atoms with E-state index in [-0.39, 0.29) is 20.6 Å². The van der Waals surface area contributed by atoms with Gasteiger partial charge in [0.25, 0.3) is 10.0 Å². The Kier molecular flexibility index (Phi) is 4.19. The molecule has 2 aromatic rings. The molecular weight excluding hydrogens is 338 g/mol. The average molecular weight is 348 g/mol. The minimum atomic E-state index is -4.06. The molecule has 3 N–H and O–H groups in total. The molecule has 0 saturated heterocycles. The Bertz CT molecular complexity index is 865. The average Bonchev–Trinajstić information content (AvgIpc) is 2.38. The maximum atomic E-state index is 12.2. The predicted octanol–water partition coefficient (Wildman–Crippen LogP) is 1.18. The molecule has 0 saturated carbocycles. The number of hydrogen-bond donors (Lipinski definition) is 2. The number of aromatic nitrogens is 1. The highest BCUT2D eigenvalue weighted by Crippen LogP contribution is 2.23. The van der Waals surface area contributed by atoms with Gasteiger partial charge in [-0.3, -0.25) is 4.72 Å². The molecule has 0 radical (unpaired) electrons. The van der Waals surface area contributed by atoms with Crippen LogP contribution in [0.3, 0.4) is 0 Å². The first-order chi connectivity index (χ1) is 9.70. The lowest BCUT2D eigenvalue weighted by Gasteiger charge is -2.11. The molecule has 0 atom stereocenters.